The first-order chi connectivity index (χ1) is 13.2. The summed E-state index contributed by atoms with van der Waals surface area (Å²) in [6.45, 7) is 1.29. The molecule has 0 saturated carbocycles. The number of hydrogen-bond donors (Lipinski definition) is 5. The van der Waals surface area contributed by atoms with E-state index in [2.05, 4.69) is 28.1 Å². The minimum Gasteiger partial charge on any atom is -0.352 e. The smallest absolute Gasteiger partial charge is 0.321 e. The highest BCUT2D eigenvalue weighted by Gasteiger charge is 2.06. The summed E-state index contributed by atoms with van der Waals surface area (Å²) >= 11 is 0. The van der Waals surface area contributed by atoms with Crippen molar-refractivity contribution in [1.82, 2.24) is 16.0 Å². The molecule has 0 aliphatic heterocycles. The molecule has 0 bridgehead atoms. The van der Waals surface area contributed by atoms with Gasteiger partial charge in [0.25, 0.3) is 0 Å². The number of guanidine groups is 1. The summed E-state index contributed by atoms with van der Waals surface area (Å²) in [6, 6.07) is 21.4. The highest BCUT2D eigenvalue weighted by Crippen LogP contribution is 2.18. The van der Waals surface area contributed by atoms with Gasteiger partial charge in [-0.15, -0.1) is 0 Å². The van der Waals surface area contributed by atoms with E-state index in [1.807, 2.05) is 54.6 Å². The van der Waals surface area contributed by atoms with Crippen LogP contribution in [0.2, 0.25) is 0 Å². The van der Waals surface area contributed by atoms with Gasteiger partial charge in [0.2, 0.25) is 0 Å². The second-order valence-corrected chi connectivity index (χ2v) is 6.20. The highest BCUT2D eigenvalue weighted by atomic mass is 16.2. The summed E-state index contributed by atoms with van der Waals surface area (Å²) in [5.41, 5.74) is 8.66. The van der Waals surface area contributed by atoms with Gasteiger partial charge in [0.05, 0.1) is 0 Å². The third-order valence-corrected chi connectivity index (χ3v) is 4.25. The molecule has 0 aliphatic rings. The van der Waals surface area contributed by atoms with E-state index in [0.717, 1.165) is 27.5 Å². The Labute approximate surface area is 158 Å². The molecule has 0 spiro atoms. The van der Waals surface area contributed by atoms with Crippen molar-refractivity contribution in [3.05, 3.63) is 83.4 Å². The fraction of sp³-hybridized carbons (Fsp3) is 0.143. The number of carbonyl (C=O) groups is 1. The largest absolute Gasteiger partial charge is 0.352 e. The first-order valence-electron chi connectivity index (χ1n) is 8.77. The molecule has 6 heteroatoms. The van der Waals surface area contributed by atoms with E-state index in [0.29, 0.717) is 19.6 Å². The summed E-state index contributed by atoms with van der Waals surface area (Å²) in [5, 5.41) is 18.4. The van der Waals surface area contributed by atoms with Crippen molar-refractivity contribution in [1.29, 1.82) is 5.41 Å². The number of fused-ring (bicyclic) bond motifs is 1. The normalized spacial score (nSPS) is 10.4. The average Bonchev–Trinajstić information content (AvgIpc) is 2.71. The van der Waals surface area contributed by atoms with Gasteiger partial charge in [0.15, 0.2) is 5.96 Å². The summed E-state index contributed by atoms with van der Waals surface area (Å²) in [4.78, 5) is 12.0. The van der Waals surface area contributed by atoms with E-state index in [4.69, 9.17) is 11.1 Å². The van der Waals surface area contributed by atoms with Gasteiger partial charge in [-0.3, -0.25) is 10.7 Å². The summed E-state index contributed by atoms with van der Waals surface area (Å²) < 4.78 is 0. The molecule has 0 radical (unpaired) electrons. The molecule has 138 valence electrons. The molecule has 27 heavy (non-hydrogen) atoms. The molecule has 3 aromatic rings. The van der Waals surface area contributed by atoms with Gasteiger partial charge in [-0.2, -0.15) is 0 Å². The molecular weight excluding hydrogens is 338 g/mol. The second-order valence-electron chi connectivity index (χ2n) is 6.20. The van der Waals surface area contributed by atoms with Crippen LogP contribution in [-0.2, 0) is 19.6 Å². The Morgan fingerprint density at radius 1 is 0.889 bits per heavy atom. The van der Waals surface area contributed by atoms with Crippen molar-refractivity contribution in [3.8, 4) is 0 Å². The third-order valence-electron chi connectivity index (χ3n) is 4.25. The Bertz CT molecular complexity index is 949. The number of carbonyl (C=O) groups excluding carboxylic acids is 1. The fourth-order valence-corrected chi connectivity index (χ4v) is 2.88. The maximum atomic E-state index is 12.0. The van der Waals surface area contributed by atoms with Crippen molar-refractivity contribution in [3.63, 3.8) is 0 Å². The van der Waals surface area contributed by atoms with E-state index in [1.165, 1.54) is 0 Å². The summed E-state index contributed by atoms with van der Waals surface area (Å²) in [5.74, 6) is -0.0452. The summed E-state index contributed by atoms with van der Waals surface area (Å²) in [6.07, 6.45) is 0. The van der Waals surface area contributed by atoms with Gasteiger partial charge < -0.3 is 16.4 Å². The zero-order chi connectivity index (χ0) is 19.1. The van der Waals surface area contributed by atoms with Crippen LogP contribution in [0.1, 0.15) is 16.7 Å². The number of rotatable bonds is 5. The van der Waals surface area contributed by atoms with Crippen molar-refractivity contribution in [2.24, 2.45) is 5.73 Å². The molecule has 6 N–H and O–H groups in total. The Morgan fingerprint density at radius 3 is 2.48 bits per heavy atom. The van der Waals surface area contributed by atoms with Crippen LogP contribution in [0, 0.1) is 5.41 Å². The molecule has 3 rings (SSSR count). The molecule has 2 amide bonds. The Hall–Kier alpha value is -3.38. The van der Waals surface area contributed by atoms with Crippen LogP contribution >= 0.6 is 0 Å². The lowest BCUT2D eigenvalue weighted by atomic mass is 10.0. The van der Waals surface area contributed by atoms with Gasteiger partial charge in [-0.05, 0) is 27.5 Å². The molecule has 0 fully saturated rings. The summed E-state index contributed by atoms with van der Waals surface area (Å²) in [7, 11) is 0. The van der Waals surface area contributed by atoms with E-state index in [-0.39, 0.29) is 5.96 Å². The number of benzene rings is 3. The zero-order valence-electron chi connectivity index (χ0n) is 15.0. The van der Waals surface area contributed by atoms with Crippen LogP contribution < -0.4 is 21.7 Å². The lowest BCUT2D eigenvalue weighted by Gasteiger charge is -2.12. The second kappa shape index (κ2) is 8.82. The lowest BCUT2D eigenvalue weighted by molar-refractivity contribution is 0.244. The maximum Gasteiger partial charge on any atom is 0.321 e. The topological polar surface area (TPSA) is 103 Å². The number of urea groups is 1. The quantitative estimate of drug-likeness (QED) is 0.357. The first-order valence-corrected chi connectivity index (χ1v) is 8.77. The van der Waals surface area contributed by atoms with Crippen LogP contribution in [0.3, 0.4) is 0 Å². The van der Waals surface area contributed by atoms with Gasteiger partial charge in [-0.1, -0.05) is 66.7 Å². The first kappa shape index (κ1) is 18.4. The highest BCUT2D eigenvalue weighted by molar-refractivity contribution is 5.94. The fourth-order valence-electron chi connectivity index (χ4n) is 2.88. The molecule has 0 aromatic heterocycles. The predicted molar refractivity (Wildman–Crippen MR) is 108 cm³/mol. The Balaban J connectivity index is 1.49. The third kappa shape index (κ3) is 5.05. The van der Waals surface area contributed by atoms with Crippen LogP contribution in [0.4, 0.5) is 4.79 Å². The molecule has 0 saturated heterocycles. The number of nitrogens with two attached hydrogens (primary N) is 1. The molecule has 3 aromatic carbocycles. The monoisotopic (exact) mass is 361 g/mol. The molecule has 6 nitrogen and oxygen atoms in total. The predicted octanol–water partition coefficient (Wildman–Crippen LogP) is 2.82. The van der Waals surface area contributed by atoms with Gasteiger partial charge in [0, 0.05) is 19.6 Å². The van der Waals surface area contributed by atoms with Gasteiger partial charge in [0.1, 0.15) is 0 Å². The minimum atomic E-state index is -0.427. The minimum absolute atomic E-state index is 0.0452. The van der Waals surface area contributed by atoms with Crippen LogP contribution in [0.15, 0.2) is 66.7 Å². The van der Waals surface area contributed by atoms with Crippen molar-refractivity contribution >= 4 is 22.8 Å². The number of amides is 2. The van der Waals surface area contributed by atoms with E-state index in [9.17, 15) is 4.79 Å². The molecular formula is C21H23N5O. The van der Waals surface area contributed by atoms with E-state index >= 15 is 0 Å². The number of nitrogens with one attached hydrogen (secondary N) is 4. The lowest BCUT2D eigenvalue weighted by Crippen LogP contribution is -2.44. The molecule has 0 heterocycles. The van der Waals surface area contributed by atoms with Crippen LogP contribution in [0.5, 0.6) is 0 Å². The standard InChI is InChI=1S/C21H23N5O/c22-12-15-5-3-6-16(11-15)13-25-21(27)26-20(23)24-14-18-9-4-8-17-7-1-2-10-19(17)18/h1-11H,12-14,22H2,(H4,23,24,25,26,27). The SMILES string of the molecule is N=C(NCc1cccc2ccccc12)NC(=O)NCc1cccc(CN)c1. The Kier molecular flexibility index (Phi) is 6.02. The zero-order valence-corrected chi connectivity index (χ0v) is 15.0. The van der Waals surface area contributed by atoms with Gasteiger partial charge >= 0.3 is 6.03 Å². The van der Waals surface area contributed by atoms with Crippen molar-refractivity contribution < 1.29 is 4.79 Å². The van der Waals surface area contributed by atoms with Crippen molar-refractivity contribution in [2.45, 2.75) is 19.6 Å². The van der Waals surface area contributed by atoms with E-state index in [1.54, 1.807) is 0 Å². The van der Waals surface area contributed by atoms with E-state index < -0.39 is 6.03 Å². The van der Waals surface area contributed by atoms with Crippen LogP contribution in [0.25, 0.3) is 10.8 Å². The molecule has 0 unspecified atom stereocenters. The van der Waals surface area contributed by atoms with Crippen molar-refractivity contribution in [2.75, 3.05) is 0 Å². The Morgan fingerprint density at radius 2 is 1.63 bits per heavy atom. The van der Waals surface area contributed by atoms with Crippen LogP contribution in [-0.4, -0.2) is 12.0 Å². The molecule has 0 atom stereocenters. The average molecular weight is 361 g/mol. The molecule has 0 aliphatic carbocycles. The van der Waals surface area contributed by atoms with Gasteiger partial charge in [-0.25, -0.2) is 4.79 Å². The number of hydrogen-bond acceptors (Lipinski definition) is 3. The maximum absolute atomic E-state index is 12.0.